The zero-order valence-corrected chi connectivity index (χ0v) is 4.57. The van der Waals surface area contributed by atoms with Gasteiger partial charge in [0, 0.05) is 50.1 Å². The molecule has 1 nitrogen and oxygen atoms in total. The topological polar surface area (TPSA) is 31.5 Å². The van der Waals surface area contributed by atoms with Crippen LogP contribution >= 0.6 is 0 Å². The molecule has 0 aromatic heterocycles. The summed E-state index contributed by atoms with van der Waals surface area (Å²) in [6, 6.07) is 0. The fraction of sp³-hybridized carbons (Fsp3) is 0. The molecule has 0 fully saturated rings. The molecule has 4 heavy (non-hydrogen) atoms. The van der Waals surface area contributed by atoms with Crippen LogP contribution in [0.4, 0.5) is 0 Å². The van der Waals surface area contributed by atoms with Gasteiger partial charge in [-0.15, -0.1) is 0 Å². The Bertz CT molecular complexity index is 6.00. The van der Waals surface area contributed by atoms with Gasteiger partial charge in [-0.25, -0.2) is 0 Å². The fourth-order valence-electron chi connectivity index (χ4n) is 0. The van der Waals surface area contributed by atoms with Gasteiger partial charge in [0.1, 0.15) is 0 Å². The van der Waals surface area contributed by atoms with E-state index in [1.54, 1.807) is 0 Å². The third-order valence-electron chi connectivity index (χ3n) is 0. The van der Waals surface area contributed by atoms with Crippen molar-refractivity contribution < 1.29 is 55.5 Å². The molecule has 0 spiro atoms. The van der Waals surface area contributed by atoms with Crippen molar-refractivity contribution in [2.75, 3.05) is 0 Å². The van der Waals surface area contributed by atoms with Gasteiger partial charge < -0.3 is 5.48 Å². The molecule has 0 unspecified atom stereocenters. The Morgan fingerprint density at radius 3 is 0.750 bits per heavy atom. The van der Waals surface area contributed by atoms with E-state index in [1.807, 2.05) is 0 Å². The SMILES string of the molecule is O.[Fe].[Ni].[Ni]. The maximum absolute atomic E-state index is 0. The van der Waals surface area contributed by atoms with Crippen LogP contribution in [0, 0.1) is 0 Å². The molecular weight excluding hydrogens is 189 g/mol. The minimum absolute atomic E-state index is 0. The van der Waals surface area contributed by atoms with Gasteiger partial charge in [0.25, 0.3) is 0 Å². The zero-order chi connectivity index (χ0) is 0. The van der Waals surface area contributed by atoms with Crippen LogP contribution in [-0.4, -0.2) is 5.48 Å². The second-order valence-corrected chi connectivity index (χ2v) is 0. The van der Waals surface area contributed by atoms with E-state index in [4.69, 9.17) is 0 Å². The van der Waals surface area contributed by atoms with E-state index in [0.29, 0.717) is 0 Å². The summed E-state index contributed by atoms with van der Waals surface area (Å²) in [7, 11) is 0. The summed E-state index contributed by atoms with van der Waals surface area (Å²) < 4.78 is 0. The molecule has 0 heterocycles. The van der Waals surface area contributed by atoms with Crippen molar-refractivity contribution in [3.8, 4) is 0 Å². The molecule has 0 amide bonds. The molecule has 0 saturated heterocycles. The number of hydrogen-bond donors (Lipinski definition) is 0. The van der Waals surface area contributed by atoms with Crippen molar-refractivity contribution in [1.29, 1.82) is 0 Å². The first kappa shape index (κ1) is 50.7. The summed E-state index contributed by atoms with van der Waals surface area (Å²) in [5.41, 5.74) is 0. The Kier molecular flexibility index (Phi) is 316. The molecule has 0 atom stereocenters. The van der Waals surface area contributed by atoms with E-state index in [-0.39, 0.29) is 55.5 Å². The van der Waals surface area contributed by atoms with Crippen LogP contribution in [0.1, 0.15) is 0 Å². The second-order valence-electron chi connectivity index (χ2n) is 0. The van der Waals surface area contributed by atoms with Crippen molar-refractivity contribution in [2.24, 2.45) is 0 Å². The molecule has 0 aromatic rings. The van der Waals surface area contributed by atoms with Crippen molar-refractivity contribution in [3.63, 3.8) is 0 Å². The molecule has 4 heteroatoms. The molecule has 0 radical (unpaired) electrons. The van der Waals surface area contributed by atoms with Crippen molar-refractivity contribution in [2.45, 2.75) is 0 Å². The molecule has 0 aromatic carbocycles. The van der Waals surface area contributed by atoms with Crippen LogP contribution in [0.25, 0.3) is 0 Å². The minimum Gasteiger partial charge on any atom is -0.412 e. The van der Waals surface area contributed by atoms with Crippen molar-refractivity contribution in [1.82, 2.24) is 0 Å². The first-order chi connectivity index (χ1) is 0. The number of hydrogen-bond acceptors (Lipinski definition) is 0. The maximum Gasteiger partial charge on any atom is 0 e. The smallest absolute Gasteiger partial charge is 0 e. The Hall–Kier alpha value is 1.47. The number of rotatable bonds is 0. The molecule has 0 aliphatic carbocycles. The summed E-state index contributed by atoms with van der Waals surface area (Å²) in [5.74, 6) is 0. The van der Waals surface area contributed by atoms with E-state index in [0.717, 1.165) is 0 Å². The molecule has 36 valence electrons. The van der Waals surface area contributed by atoms with E-state index in [2.05, 4.69) is 0 Å². The predicted molar refractivity (Wildman–Crippen MR) is 3.61 cm³/mol. The van der Waals surface area contributed by atoms with E-state index < -0.39 is 0 Å². The summed E-state index contributed by atoms with van der Waals surface area (Å²) in [6.45, 7) is 0. The van der Waals surface area contributed by atoms with Gasteiger partial charge >= 0.3 is 0 Å². The van der Waals surface area contributed by atoms with Crippen LogP contribution in [0.3, 0.4) is 0 Å². The third kappa shape index (κ3) is 9.81. The Morgan fingerprint density at radius 1 is 0.750 bits per heavy atom. The van der Waals surface area contributed by atoms with Crippen LogP contribution in [0.2, 0.25) is 0 Å². The van der Waals surface area contributed by atoms with Gasteiger partial charge in [-0.3, -0.25) is 0 Å². The van der Waals surface area contributed by atoms with Gasteiger partial charge in [-0.1, -0.05) is 0 Å². The van der Waals surface area contributed by atoms with E-state index >= 15 is 0 Å². The van der Waals surface area contributed by atoms with Crippen molar-refractivity contribution in [3.05, 3.63) is 0 Å². The standard InChI is InChI=1S/Fe.2Ni.H2O/h;;;1H2. The van der Waals surface area contributed by atoms with E-state index in [9.17, 15) is 0 Å². The zero-order valence-electron chi connectivity index (χ0n) is 1.49. The third-order valence-corrected chi connectivity index (χ3v) is 0. The van der Waals surface area contributed by atoms with Crippen LogP contribution in [0.5, 0.6) is 0 Å². The van der Waals surface area contributed by atoms with Gasteiger partial charge in [0.15, 0.2) is 0 Å². The molecule has 0 aliphatic rings. The van der Waals surface area contributed by atoms with Gasteiger partial charge in [-0.2, -0.15) is 0 Å². The van der Waals surface area contributed by atoms with E-state index in [1.165, 1.54) is 0 Å². The Morgan fingerprint density at radius 2 is 0.750 bits per heavy atom. The Balaban J connectivity index is 0. The normalized spacial score (nSPS) is 0. The van der Waals surface area contributed by atoms with Crippen LogP contribution in [0.15, 0.2) is 0 Å². The Labute approximate surface area is 55.5 Å². The van der Waals surface area contributed by atoms with Gasteiger partial charge in [-0.05, 0) is 0 Å². The summed E-state index contributed by atoms with van der Waals surface area (Å²) in [6.07, 6.45) is 0. The predicted octanol–water partition coefficient (Wildman–Crippen LogP) is -0.832. The summed E-state index contributed by atoms with van der Waals surface area (Å²) in [5, 5.41) is 0. The fourth-order valence-corrected chi connectivity index (χ4v) is 0. The maximum atomic E-state index is 0. The average Bonchev–Trinajstić information content (AvgIpc) is 0. The molecular formula is H2FeNi2O. The van der Waals surface area contributed by atoms with Crippen LogP contribution < -0.4 is 0 Å². The molecule has 2 N–H and O–H groups in total. The minimum atomic E-state index is 0. The molecule has 0 aliphatic heterocycles. The van der Waals surface area contributed by atoms with Gasteiger partial charge in [0.2, 0.25) is 0 Å². The van der Waals surface area contributed by atoms with Crippen molar-refractivity contribution >= 4 is 0 Å². The summed E-state index contributed by atoms with van der Waals surface area (Å²) >= 11 is 0. The second kappa shape index (κ2) is 25.0. The summed E-state index contributed by atoms with van der Waals surface area (Å²) in [4.78, 5) is 0. The largest absolute Gasteiger partial charge is 0.412 e. The quantitative estimate of drug-likeness (QED) is 0.448. The first-order valence-electron chi connectivity index (χ1n) is 0. The average molecular weight is 191 g/mol. The monoisotopic (exact) mass is 190 g/mol. The first-order valence-corrected chi connectivity index (χ1v) is 0. The molecule has 0 rings (SSSR count). The van der Waals surface area contributed by atoms with Gasteiger partial charge in [0.05, 0.1) is 0 Å². The molecule has 0 saturated carbocycles. The molecule has 0 bridgehead atoms. The van der Waals surface area contributed by atoms with Crippen LogP contribution in [-0.2, 0) is 50.1 Å².